The molecule has 22 heavy (non-hydrogen) atoms. The Morgan fingerprint density at radius 1 is 1.05 bits per heavy atom. The number of carbonyl (C=O) groups excluding carboxylic acids is 1. The molecule has 5 heteroatoms. The van der Waals surface area contributed by atoms with Crippen molar-refractivity contribution >= 4 is 5.78 Å². The van der Waals surface area contributed by atoms with Gasteiger partial charge in [-0.15, -0.1) is 10.2 Å². The summed E-state index contributed by atoms with van der Waals surface area (Å²) in [5.41, 5.74) is 1.38. The highest BCUT2D eigenvalue weighted by atomic mass is 16.5. The van der Waals surface area contributed by atoms with Gasteiger partial charge in [0.15, 0.2) is 12.4 Å². The highest BCUT2D eigenvalue weighted by Gasteiger charge is 2.11. The summed E-state index contributed by atoms with van der Waals surface area (Å²) in [5, 5.41) is 7.95. The molecule has 0 aliphatic rings. The topological polar surface area (TPSA) is 65.2 Å². The van der Waals surface area contributed by atoms with Gasteiger partial charge in [-0.2, -0.15) is 0 Å². The maximum Gasteiger partial charge on any atom is 0.254 e. The van der Waals surface area contributed by atoms with Crippen molar-refractivity contribution in [3.63, 3.8) is 0 Å². The second-order valence-electron chi connectivity index (χ2n) is 4.71. The molecule has 0 spiro atoms. The Hall–Kier alpha value is -2.95. The van der Waals surface area contributed by atoms with Crippen LogP contribution in [0.5, 0.6) is 5.75 Å². The lowest BCUT2D eigenvalue weighted by molar-refractivity contribution is 0.101. The van der Waals surface area contributed by atoms with Crippen LogP contribution < -0.4 is 4.74 Å². The summed E-state index contributed by atoms with van der Waals surface area (Å²) >= 11 is 0. The Kier molecular flexibility index (Phi) is 3.96. The van der Waals surface area contributed by atoms with Crippen molar-refractivity contribution in [1.82, 2.24) is 10.2 Å². The number of Topliss-reactive ketones (excluding diaryl/α,β-unsaturated/α-hetero) is 1. The van der Waals surface area contributed by atoms with Gasteiger partial charge in [0.05, 0.1) is 5.56 Å². The van der Waals surface area contributed by atoms with Gasteiger partial charge in [0.2, 0.25) is 5.89 Å². The smallest absolute Gasteiger partial charge is 0.254 e. The summed E-state index contributed by atoms with van der Waals surface area (Å²) < 4.78 is 11.2. The first-order chi connectivity index (χ1) is 10.7. The van der Waals surface area contributed by atoms with Gasteiger partial charge >= 0.3 is 0 Å². The predicted molar refractivity (Wildman–Crippen MR) is 80.5 cm³/mol. The van der Waals surface area contributed by atoms with Gasteiger partial charge in [0.25, 0.3) is 5.89 Å². The lowest BCUT2D eigenvalue weighted by Crippen LogP contribution is -2.01. The van der Waals surface area contributed by atoms with E-state index in [2.05, 4.69) is 10.2 Å². The van der Waals surface area contributed by atoms with Crippen molar-refractivity contribution in [2.24, 2.45) is 0 Å². The average molecular weight is 294 g/mol. The third kappa shape index (κ3) is 3.03. The number of para-hydroxylation sites is 1. The van der Waals surface area contributed by atoms with Crippen molar-refractivity contribution in [2.45, 2.75) is 13.5 Å². The van der Waals surface area contributed by atoms with Crippen molar-refractivity contribution in [1.29, 1.82) is 0 Å². The summed E-state index contributed by atoms with van der Waals surface area (Å²) in [6.45, 7) is 1.62. The Balaban J connectivity index is 1.73. The summed E-state index contributed by atoms with van der Waals surface area (Å²) in [5.74, 6) is 1.26. The van der Waals surface area contributed by atoms with Gasteiger partial charge < -0.3 is 9.15 Å². The molecule has 5 nitrogen and oxygen atoms in total. The molecule has 0 amide bonds. The van der Waals surface area contributed by atoms with Gasteiger partial charge in [-0.25, -0.2) is 0 Å². The van der Waals surface area contributed by atoms with Crippen LogP contribution in [-0.2, 0) is 6.61 Å². The molecule has 0 aliphatic carbocycles. The van der Waals surface area contributed by atoms with Crippen LogP contribution in [-0.4, -0.2) is 16.0 Å². The zero-order valence-corrected chi connectivity index (χ0v) is 12.0. The van der Waals surface area contributed by atoms with Crippen LogP contribution in [0, 0.1) is 0 Å². The number of hydrogen-bond donors (Lipinski definition) is 0. The number of hydrogen-bond acceptors (Lipinski definition) is 5. The summed E-state index contributed by atoms with van der Waals surface area (Å²) in [7, 11) is 0. The quantitative estimate of drug-likeness (QED) is 0.674. The number of nitrogens with zero attached hydrogens (tertiary/aromatic N) is 2. The van der Waals surface area contributed by atoms with Crippen LogP contribution in [0.1, 0.15) is 23.2 Å². The fourth-order valence-electron chi connectivity index (χ4n) is 2.03. The van der Waals surface area contributed by atoms with Crippen molar-refractivity contribution in [3.8, 4) is 17.2 Å². The molecular formula is C17H14N2O3. The molecule has 2 aromatic carbocycles. The minimum atomic E-state index is -0.0499. The number of carbonyl (C=O) groups is 1. The number of aromatic nitrogens is 2. The standard InChI is InChI=1S/C17H14N2O3/c1-12(20)14-9-5-6-10-15(14)21-11-16-18-19-17(22-16)13-7-3-2-4-8-13/h2-10H,11H2,1H3. The van der Waals surface area contributed by atoms with E-state index in [0.29, 0.717) is 23.1 Å². The highest BCUT2D eigenvalue weighted by Crippen LogP contribution is 2.21. The van der Waals surface area contributed by atoms with Crippen LogP contribution in [0.2, 0.25) is 0 Å². The maximum absolute atomic E-state index is 11.5. The van der Waals surface area contributed by atoms with Gasteiger partial charge in [-0.1, -0.05) is 30.3 Å². The van der Waals surface area contributed by atoms with Gasteiger partial charge in [-0.05, 0) is 31.2 Å². The third-order valence-corrected chi connectivity index (χ3v) is 3.11. The molecule has 3 rings (SSSR count). The maximum atomic E-state index is 11.5. The van der Waals surface area contributed by atoms with Crippen LogP contribution >= 0.6 is 0 Å². The molecule has 0 saturated carbocycles. The summed E-state index contributed by atoms with van der Waals surface area (Å²) in [6.07, 6.45) is 0. The van der Waals surface area contributed by atoms with Crippen molar-refractivity contribution in [2.75, 3.05) is 0 Å². The Bertz CT molecular complexity index is 781. The van der Waals surface area contributed by atoms with Crippen molar-refractivity contribution < 1.29 is 13.9 Å². The second kappa shape index (κ2) is 6.22. The fourth-order valence-corrected chi connectivity index (χ4v) is 2.03. The van der Waals surface area contributed by atoms with E-state index in [-0.39, 0.29) is 12.4 Å². The molecule has 0 aliphatic heterocycles. The van der Waals surface area contributed by atoms with Crippen molar-refractivity contribution in [3.05, 3.63) is 66.1 Å². The average Bonchev–Trinajstić information content (AvgIpc) is 3.03. The zero-order valence-electron chi connectivity index (χ0n) is 12.0. The van der Waals surface area contributed by atoms with Gasteiger partial charge in [0.1, 0.15) is 5.75 Å². The third-order valence-electron chi connectivity index (χ3n) is 3.11. The normalized spacial score (nSPS) is 10.4. The number of rotatable bonds is 5. The SMILES string of the molecule is CC(=O)c1ccccc1OCc1nnc(-c2ccccc2)o1. The van der Waals surface area contributed by atoms with E-state index in [0.717, 1.165) is 5.56 Å². The molecule has 3 aromatic rings. The van der Waals surface area contributed by atoms with E-state index in [1.54, 1.807) is 18.2 Å². The van der Waals surface area contributed by atoms with E-state index in [1.165, 1.54) is 6.92 Å². The molecule has 0 atom stereocenters. The van der Waals surface area contributed by atoms with Gasteiger partial charge in [0, 0.05) is 5.56 Å². The molecule has 110 valence electrons. The largest absolute Gasteiger partial charge is 0.483 e. The Morgan fingerprint density at radius 3 is 2.55 bits per heavy atom. The first-order valence-corrected chi connectivity index (χ1v) is 6.84. The number of ketones is 1. The zero-order chi connectivity index (χ0) is 15.4. The highest BCUT2D eigenvalue weighted by molar-refractivity contribution is 5.96. The lowest BCUT2D eigenvalue weighted by atomic mass is 10.1. The molecule has 0 bridgehead atoms. The summed E-state index contributed by atoms with van der Waals surface area (Å²) in [4.78, 5) is 11.5. The second-order valence-corrected chi connectivity index (χ2v) is 4.71. The molecule has 0 saturated heterocycles. The molecule has 0 unspecified atom stereocenters. The number of benzene rings is 2. The minimum Gasteiger partial charge on any atom is -0.483 e. The molecule has 0 radical (unpaired) electrons. The first kappa shape index (κ1) is 14.0. The molecule has 0 N–H and O–H groups in total. The minimum absolute atomic E-state index is 0.0499. The van der Waals surface area contributed by atoms with E-state index >= 15 is 0 Å². The fraction of sp³-hybridized carbons (Fsp3) is 0.118. The van der Waals surface area contributed by atoms with E-state index in [4.69, 9.17) is 9.15 Å². The lowest BCUT2D eigenvalue weighted by Gasteiger charge is -2.07. The first-order valence-electron chi connectivity index (χ1n) is 6.84. The van der Waals surface area contributed by atoms with E-state index < -0.39 is 0 Å². The Labute approximate surface area is 127 Å². The molecule has 1 heterocycles. The molecule has 0 fully saturated rings. The van der Waals surface area contributed by atoms with E-state index in [9.17, 15) is 4.79 Å². The van der Waals surface area contributed by atoms with Crippen LogP contribution in [0.3, 0.4) is 0 Å². The number of ether oxygens (including phenoxy) is 1. The van der Waals surface area contributed by atoms with E-state index in [1.807, 2.05) is 36.4 Å². The monoisotopic (exact) mass is 294 g/mol. The molecule has 1 aromatic heterocycles. The Morgan fingerprint density at radius 2 is 1.77 bits per heavy atom. The predicted octanol–water partition coefficient (Wildman–Crippen LogP) is 3.52. The van der Waals surface area contributed by atoms with Gasteiger partial charge in [-0.3, -0.25) is 4.79 Å². The summed E-state index contributed by atoms with van der Waals surface area (Å²) in [6, 6.07) is 16.6. The van der Waals surface area contributed by atoms with Crippen LogP contribution in [0.15, 0.2) is 59.0 Å². The van der Waals surface area contributed by atoms with Crippen LogP contribution in [0.4, 0.5) is 0 Å². The molecular weight excluding hydrogens is 280 g/mol. The van der Waals surface area contributed by atoms with Crippen LogP contribution in [0.25, 0.3) is 11.5 Å².